The number of carboxylic acids is 1. The first kappa shape index (κ1) is 14.7. The van der Waals surface area contributed by atoms with Crippen LogP contribution < -0.4 is 5.32 Å². The number of aliphatic carboxylic acids is 1. The summed E-state index contributed by atoms with van der Waals surface area (Å²) in [4.78, 5) is 31.5. The highest BCUT2D eigenvalue weighted by Gasteiger charge is 2.22. The molecule has 1 fully saturated rings. The first-order valence-electron chi connectivity index (χ1n) is 6.40. The van der Waals surface area contributed by atoms with Crippen LogP contribution in [0.2, 0.25) is 0 Å². The second-order valence-electron chi connectivity index (χ2n) is 4.75. The number of hydrogen-bond donors (Lipinski definition) is 2. The minimum atomic E-state index is -0.836. The Morgan fingerprint density at radius 2 is 1.95 bits per heavy atom. The highest BCUT2D eigenvalue weighted by molar-refractivity contribution is 7.15. The molecule has 1 aliphatic rings. The summed E-state index contributed by atoms with van der Waals surface area (Å²) in [5.74, 6) is -0.836. The number of amides is 2. The predicted molar refractivity (Wildman–Crippen MR) is 76.3 cm³/mol. The van der Waals surface area contributed by atoms with Crippen LogP contribution in [-0.2, 0) is 4.79 Å². The maximum atomic E-state index is 12.1. The quantitative estimate of drug-likeness (QED) is 0.869. The molecular weight excluding hydrogens is 280 g/mol. The summed E-state index contributed by atoms with van der Waals surface area (Å²) in [5, 5.41) is 12.1. The number of carboxylic acid groups (broad SMARTS) is 1. The van der Waals surface area contributed by atoms with E-state index in [1.165, 1.54) is 11.3 Å². The summed E-state index contributed by atoms with van der Waals surface area (Å²) in [6.45, 7) is 6.12. The van der Waals surface area contributed by atoms with Crippen LogP contribution in [0.15, 0.2) is 0 Å². The summed E-state index contributed by atoms with van der Waals surface area (Å²) >= 11 is 1.46. The van der Waals surface area contributed by atoms with Crippen molar-refractivity contribution in [2.24, 2.45) is 0 Å². The molecule has 1 aromatic rings. The molecular formula is C12H18N4O3S. The Balaban J connectivity index is 1.84. The lowest BCUT2D eigenvalue weighted by molar-refractivity contribution is -0.138. The Labute approximate surface area is 121 Å². The van der Waals surface area contributed by atoms with Crippen LogP contribution in [0.5, 0.6) is 0 Å². The molecule has 0 aromatic carbocycles. The molecule has 110 valence electrons. The predicted octanol–water partition coefficient (Wildman–Crippen LogP) is 0.994. The molecule has 2 N–H and O–H groups in total. The number of nitrogens with zero attached hydrogens (tertiary/aromatic N) is 3. The van der Waals surface area contributed by atoms with E-state index in [1.807, 2.05) is 18.7 Å². The fourth-order valence-corrected chi connectivity index (χ4v) is 2.80. The van der Waals surface area contributed by atoms with Crippen LogP contribution in [0, 0.1) is 13.8 Å². The van der Waals surface area contributed by atoms with Crippen molar-refractivity contribution in [3.8, 4) is 0 Å². The van der Waals surface area contributed by atoms with E-state index in [4.69, 9.17) is 5.11 Å². The molecule has 0 radical (unpaired) electrons. The molecule has 0 aliphatic carbocycles. The second kappa shape index (κ2) is 6.19. The molecule has 1 aliphatic heterocycles. The topological polar surface area (TPSA) is 85.8 Å². The van der Waals surface area contributed by atoms with Crippen molar-refractivity contribution in [2.75, 3.05) is 38.0 Å². The van der Waals surface area contributed by atoms with Crippen molar-refractivity contribution >= 4 is 28.5 Å². The molecule has 7 nitrogen and oxygen atoms in total. The number of carbonyl (C=O) groups is 2. The van der Waals surface area contributed by atoms with Gasteiger partial charge < -0.3 is 10.0 Å². The van der Waals surface area contributed by atoms with E-state index in [-0.39, 0.29) is 12.6 Å². The van der Waals surface area contributed by atoms with Gasteiger partial charge in [-0.2, -0.15) is 0 Å². The highest BCUT2D eigenvalue weighted by Crippen LogP contribution is 2.21. The van der Waals surface area contributed by atoms with E-state index >= 15 is 0 Å². The standard InChI is InChI=1S/C12H18N4O3S/c1-8-9(2)20-11(13-8)14-12(19)16-5-3-15(4-6-16)7-10(17)18/h3-7H2,1-2H3,(H,17,18)(H,13,14,19). The lowest BCUT2D eigenvalue weighted by atomic mass is 10.3. The van der Waals surface area contributed by atoms with Crippen molar-refractivity contribution in [2.45, 2.75) is 13.8 Å². The van der Waals surface area contributed by atoms with Gasteiger partial charge in [0.2, 0.25) is 0 Å². The van der Waals surface area contributed by atoms with Gasteiger partial charge in [-0.3, -0.25) is 15.0 Å². The van der Waals surface area contributed by atoms with Crippen molar-refractivity contribution < 1.29 is 14.7 Å². The molecule has 1 saturated heterocycles. The minimum absolute atomic E-state index is 0.0281. The van der Waals surface area contributed by atoms with E-state index in [0.717, 1.165) is 10.6 Å². The molecule has 0 unspecified atom stereocenters. The Morgan fingerprint density at radius 3 is 2.45 bits per heavy atom. The van der Waals surface area contributed by atoms with Gasteiger partial charge in [0, 0.05) is 31.1 Å². The first-order valence-corrected chi connectivity index (χ1v) is 7.21. The number of piperazine rings is 1. The lowest BCUT2D eigenvalue weighted by Gasteiger charge is -2.33. The summed E-state index contributed by atoms with van der Waals surface area (Å²) in [5.41, 5.74) is 0.927. The van der Waals surface area contributed by atoms with Gasteiger partial charge in [-0.25, -0.2) is 9.78 Å². The van der Waals surface area contributed by atoms with Crippen LogP contribution in [0.1, 0.15) is 10.6 Å². The summed E-state index contributed by atoms with van der Waals surface area (Å²) in [7, 11) is 0. The molecule has 0 atom stereocenters. The van der Waals surface area contributed by atoms with Crippen LogP contribution in [0.3, 0.4) is 0 Å². The normalized spacial score (nSPS) is 16.2. The van der Waals surface area contributed by atoms with Crippen molar-refractivity contribution in [3.63, 3.8) is 0 Å². The number of urea groups is 1. The van der Waals surface area contributed by atoms with E-state index in [2.05, 4.69) is 10.3 Å². The van der Waals surface area contributed by atoms with Gasteiger partial charge in [0.05, 0.1) is 12.2 Å². The number of rotatable bonds is 3. The van der Waals surface area contributed by atoms with Crippen molar-refractivity contribution in [1.29, 1.82) is 0 Å². The number of aryl methyl sites for hydroxylation is 2. The number of hydrogen-bond acceptors (Lipinski definition) is 5. The Bertz CT molecular complexity index is 489. The van der Waals surface area contributed by atoms with Gasteiger partial charge >= 0.3 is 12.0 Å². The number of anilines is 1. The average Bonchev–Trinajstić information content (AvgIpc) is 2.68. The number of carbonyl (C=O) groups excluding carboxylic acids is 1. The van der Waals surface area contributed by atoms with E-state index in [9.17, 15) is 9.59 Å². The van der Waals surface area contributed by atoms with Crippen molar-refractivity contribution in [3.05, 3.63) is 10.6 Å². The zero-order chi connectivity index (χ0) is 14.7. The highest BCUT2D eigenvalue weighted by atomic mass is 32.1. The average molecular weight is 298 g/mol. The molecule has 2 heterocycles. The number of thiazole rings is 1. The van der Waals surface area contributed by atoms with Crippen LogP contribution in [0.4, 0.5) is 9.93 Å². The maximum absolute atomic E-state index is 12.1. The van der Waals surface area contributed by atoms with Gasteiger partial charge in [-0.1, -0.05) is 0 Å². The van der Waals surface area contributed by atoms with Gasteiger partial charge in [0.1, 0.15) is 0 Å². The number of aromatic nitrogens is 1. The molecule has 20 heavy (non-hydrogen) atoms. The SMILES string of the molecule is Cc1nc(NC(=O)N2CCN(CC(=O)O)CC2)sc1C. The van der Waals surface area contributed by atoms with Crippen molar-refractivity contribution in [1.82, 2.24) is 14.8 Å². The Kier molecular flexibility index (Phi) is 4.56. The zero-order valence-corrected chi connectivity index (χ0v) is 12.4. The lowest BCUT2D eigenvalue weighted by Crippen LogP contribution is -2.51. The van der Waals surface area contributed by atoms with Crippen LogP contribution in [-0.4, -0.2) is 64.6 Å². The minimum Gasteiger partial charge on any atom is -0.480 e. The molecule has 0 saturated carbocycles. The molecule has 8 heteroatoms. The maximum Gasteiger partial charge on any atom is 0.323 e. The molecule has 2 amide bonds. The van der Waals surface area contributed by atoms with Gasteiger partial charge in [0.15, 0.2) is 5.13 Å². The Hall–Kier alpha value is -1.67. The molecule has 0 bridgehead atoms. The van der Waals surface area contributed by atoms with E-state index in [0.29, 0.717) is 31.3 Å². The van der Waals surface area contributed by atoms with Gasteiger partial charge in [-0.05, 0) is 13.8 Å². The fourth-order valence-electron chi connectivity index (χ4n) is 2.00. The third kappa shape index (κ3) is 3.67. The fraction of sp³-hybridized carbons (Fsp3) is 0.583. The third-order valence-electron chi connectivity index (χ3n) is 3.26. The summed E-state index contributed by atoms with van der Waals surface area (Å²) in [6, 6.07) is -0.172. The second-order valence-corrected chi connectivity index (χ2v) is 5.95. The third-order valence-corrected chi connectivity index (χ3v) is 4.25. The largest absolute Gasteiger partial charge is 0.480 e. The first-order chi connectivity index (χ1) is 9.45. The summed E-state index contributed by atoms with van der Waals surface area (Å²) < 4.78 is 0. The van der Waals surface area contributed by atoms with Crippen LogP contribution >= 0.6 is 11.3 Å². The van der Waals surface area contributed by atoms with Gasteiger partial charge in [-0.15, -0.1) is 11.3 Å². The number of nitrogens with one attached hydrogen (secondary N) is 1. The smallest absolute Gasteiger partial charge is 0.323 e. The molecule has 0 spiro atoms. The zero-order valence-electron chi connectivity index (χ0n) is 11.5. The molecule has 2 rings (SSSR count). The van der Waals surface area contributed by atoms with E-state index < -0.39 is 5.97 Å². The summed E-state index contributed by atoms with van der Waals surface area (Å²) in [6.07, 6.45) is 0. The van der Waals surface area contributed by atoms with E-state index in [1.54, 1.807) is 4.90 Å². The van der Waals surface area contributed by atoms with Crippen LogP contribution in [0.25, 0.3) is 0 Å². The monoisotopic (exact) mass is 298 g/mol. The molecule has 1 aromatic heterocycles. The Morgan fingerprint density at radius 1 is 1.30 bits per heavy atom. The van der Waals surface area contributed by atoms with Gasteiger partial charge in [0.25, 0.3) is 0 Å².